The van der Waals surface area contributed by atoms with Gasteiger partial charge in [-0.25, -0.2) is 0 Å². The minimum atomic E-state index is -0.224. The van der Waals surface area contributed by atoms with E-state index in [2.05, 4.69) is 34.3 Å². The summed E-state index contributed by atoms with van der Waals surface area (Å²) in [5.41, 5.74) is 10.4. The summed E-state index contributed by atoms with van der Waals surface area (Å²) >= 11 is 0. The second-order valence-electron chi connectivity index (χ2n) is 7.37. The third-order valence-electron chi connectivity index (χ3n) is 5.47. The summed E-state index contributed by atoms with van der Waals surface area (Å²) in [6.07, 6.45) is 1.84. The second kappa shape index (κ2) is 7.50. The molecule has 1 aliphatic rings. The van der Waals surface area contributed by atoms with Crippen molar-refractivity contribution in [2.45, 2.75) is 33.6 Å². The fourth-order valence-corrected chi connectivity index (χ4v) is 3.93. The van der Waals surface area contributed by atoms with Crippen molar-refractivity contribution in [3.63, 3.8) is 0 Å². The molecule has 1 saturated heterocycles. The van der Waals surface area contributed by atoms with Gasteiger partial charge in [0.15, 0.2) is 0 Å². The zero-order chi connectivity index (χ0) is 18.8. The third kappa shape index (κ3) is 3.60. The van der Waals surface area contributed by atoms with Crippen molar-refractivity contribution in [2.24, 2.45) is 11.7 Å². The maximum absolute atomic E-state index is 12.6. The summed E-state index contributed by atoms with van der Waals surface area (Å²) in [6.45, 7) is 9.02. The summed E-state index contributed by atoms with van der Waals surface area (Å²) in [4.78, 5) is 29.5. The van der Waals surface area contributed by atoms with Crippen molar-refractivity contribution in [3.05, 3.63) is 34.5 Å². The number of carbonyl (C=O) groups is 2. The zero-order valence-corrected chi connectivity index (χ0v) is 15.8. The Balaban J connectivity index is 1.63. The number of amides is 2. The van der Waals surface area contributed by atoms with Crippen LogP contribution < -0.4 is 11.1 Å². The summed E-state index contributed by atoms with van der Waals surface area (Å²) in [5, 5.41) is 4.14. The number of primary amides is 1. The number of piperidine rings is 1. The molecule has 0 bridgehead atoms. The number of aromatic nitrogens is 1. The van der Waals surface area contributed by atoms with Crippen LogP contribution >= 0.6 is 0 Å². The van der Waals surface area contributed by atoms with Gasteiger partial charge in [-0.2, -0.15) is 0 Å². The number of carbonyl (C=O) groups excluding carboxylic acids is 2. The topological polar surface area (TPSA) is 91.2 Å². The third-order valence-corrected chi connectivity index (χ3v) is 5.47. The first-order valence-electron chi connectivity index (χ1n) is 9.27. The van der Waals surface area contributed by atoms with Crippen LogP contribution in [0, 0.1) is 26.7 Å². The van der Waals surface area contributed by atoms with E-state index in [1.54, 1.807) is 0 Å². The number of likely N-dealkylation sites (tertiary alicyclic amines) is 1. The molecule has 1 atom stereocenters. The Bertz CT molecular complexity index is 840. The summed E-state index contributed by atoms with van der Waals surface area (Å²) in [5.74, 6) is -0.375. The van der Waals surface area contributed by atoms with Crippen LogP contribution in [0.3, 0.4) is 0 Å². The highest BCUT2D eigenvalue weighted by Crippen LogP contribution is 2.27. The largest absolute Gasteiger partial charge is 0.369 e. The molecule has 1 aromatic carbocycles. The highest BCUT2D eigenvalue weighted by molar-refractivity contribution is 6.02. The van der Waals surface area contributed by atoms with E-state index in [1.165, 1.54) is 5.56 Å². The van der Waals surface area contributed by atoms with Gasteiger partial charge in [-0.05, 0) is 56.8 Å². The van der Waals surface area contributed by atoms with Crippen molar-refractivity contribution < 1.29 is 9.59 Å². The lowest BCUT2D eigenvalue weighted by Crippen LogP contribution is -2.44. The lowest BCUT2D eigenvalue weighted by molar-refractivity contribution is -0.123. The average molecular weight is 356 g/mol. The monoisotopic (exact) mass is 356 g/mol. The first-order chi connectivity index (χ1) is 12.4. The van der Waals surface area contributed by atoms with Crippen LogP contribution in [0.15, 0.2) is 12.1 Å². The maximum atomic E-state index is 12.6. The van der Waals surface area contributed by atoms with Gasteiger partial charge in [0.2, 0.25) is 5.91 Å². The maximum Gasteiger partial charge on any atom is 0.268 e. The van der Waals surface area contributed by atoms with E-state index in [4.69, 9.17) is 5.73 Å². The lowest BCUT2D eigenvalue weighted by atomic mass is 9.97. The van der Waals surface area contributed by atoms with Crippen molar-refractivity contribution in [3.8, 4) is 0 Å². The van der Waals surface area contributed by atoms with Gasteiger partial charge >= 0.3 is 0 Å². The number of fused-ring (bicyclic) bond motifs is 1. The number of aryl methyl sites for hydroxylation is 3. The van der Waals surface area contributed by atoms with Crippen LogP contribution in [0.4, 0.5) is 0 Å². The Morgan fingerprint density at radius 3 is 2.69 bits per heavy atom. The Morgan fingerprint density at radius 1 is 1.27 bits per heavy atom. The number of aromatic amines is 1. The predicted octanol–water partition coefficient (Wildman–Crippen LogP) is 2.02. The van der Waals surface area contributed by atoms with Crippen LogP contribution in [-0.4, -0.2) is 47.9 Å². The molecule has 6 nitrogen and oxygen atoms in total. The van der Waals surface area contributed by atoms with E-state index in [-0.39, 0.29) is 17.7 Å². The fraction of sp³-hybridized carbons (Fsp3) is 0.500. The molecule has 140 valence electrons. The van der Waals surface area contributed by atoms with Gasteiger partial charge in [0.05, 0.1) is 5.92 Å². The number of benzene rings is 1. The van der Waals surface area contributed by atoms with Gasteiger partial charge in [-0.1, -0.05) is 12.1 Å². The molecule has 0 unspecified atom stereocenters. The summed E-state index contributed by atoms with van der Waals surface area (Å²) < 4.78 is 0. The highest BCUT2D eigenvalue weighted by atomic mass is 16.2. The molecule has 1 aromatic heterocycles. The minimum absolute atomic E-state index is 0.0682. The highest BCUT2D eigenvalue weighted by Gasteiger charge is 2.24. The second-order valence-corrected chi connectivity index (χ2v) is 7.37. The van der Waals surface area contributed by atoms with Crippen molar-refractivity contribution in [1.82, 2.24) is 15.2 Å². The minimum Gasteiger partial charge on any atom is -0.369 e. The Kier molecular flexibility index (Phi) is 5.32. The summed E-state index contributed by atoms with van der Waals surface area (Å²) in [6, 6.07) is 4.16. The van der Waals surface area contributed by atoms with E-state index < -0.39 is 0 Å². The van der Waals surface area contributed by atoms with Gasteiger partial charge in [-0.15, -0.1) is 0 Å². The van der Waals surface area contributed by atoms with E-state index in [0.717, 1.165) is 48.0 Å². The number of nitrogens with two attached hydrogens (primary N) is 1. The van der Waals surface area contributed by atoms with Crippen molar-refractivity contribution in [2.75, 3.05) is 26.2 Å². The molecule has 0 saturated carbocycles. The van der Waals surface area contributed by atoms with Crippen molar-refractivity contribution in [1.29, 1.82) is 0 Å². The normalized spacial score (nSPS) is 18.2. The molecule has 0 spiro atoms. The molecule has 0 aliphatic carbocycles. The number of hydrogen-bond acceptors (Lipinski definition) is 3. The first-order valence-corrected chi connectivity index (χ1v) is 9.27. The number of nitrogens with zero attached hydrogens (tertiary/aromatic N) is 1. The Hall–Kier alpha value is -2.34. The van der Waals surface area contributed by atoms with E-state index in [0.29, 0.717) is 18.8 Å². The average Bonchev–Trinajstić information content (AvgIpc) is 2.97. The van der Waals surface area contributed by atoms with E-state index in [1.807, 2.05) is 13.8 Å². The molecule has 2 heterocycles. The van der Waals surface area contributed by atoms with Gasteiger partial charge in [0, 0.05) is 30.5 Å². The van der Waals surface area contributed by atoms with Crippen LogP contribution in [0.25, 0.3) is 10.9 Å². The number of rotatable bonds is 5. The van der Waals surface area contributed by atoms with Gasteiger partial charge in [-0.3, -0.25) is 9.59 Å². The number of H-pyrrole nitrogens is 1. The lowest BCUT2D eigenvalue weighted by Gasteiger charge is -2.31. The van der Waals surface area contributed by atoms with Crippen LogP contribution in [0.5, 0.6) is 0 Å². The predicted molar refractivity (Wildman–Crippen MR) is 103 cm³/mol. The first kappa shape index (κ1) is 18.5. The molecule has 2 amide bonds. The SMILES string of the molecule is Cc1ccc(C)c2c(C)c(C(=O)NCCN3CCC[C@H](C(N)=O)C3)[nH]c12. The van der Waals surface area contributed by atoms with Crippen LogP contribution in [-0.2, 0) is 4.79 Å². The van der Waals surface area contributed by atoms with Crippen LogP contribution in [0.1, 0.15) is 40.0 Å². The quantitative estimate of drug-likeness (QED) is 0.765. The molecule has 6 heteroatoms. The molecule has 3 rings (SSSR count). The molecule has 4 N–H and O–H groups in total. The molecule has 2 aromatic rings. The fourth-order valence-electron chi connectivity index (χ4n) is 3.93. The van der Waals surface area contributed by atoms with Gasteiger partial charge in [0.25, 0.3) is 5.91 Å². The van der Waals surface area contributed by atoms with Crippen LogP contribution in [0.2, 0.25) is 0 Å². The molecule has 1 fully saturated rings. The van der Waals surface area contributed by atoms with Crippen molar-refractivity contribution >= 4 is 22.7 Å². The molecular formula is C20H28N4O2. The smallest absolute Gasteiger partial charge is 0.268 e. The molecule has 1 aliphatic heterocycles. The van der Waals surface area contributed by atoms with Gasteiger partial charge in [0.1, 0.15) is 5.69 Å². The Labute approximate surface area is 154 Å². The molecule has 26 heavy (non-hydrogen) atoms. The summed E-state index contributed by atoms with van der Waals surface area (Å²) in [7, 11) is 0. The number of hydrogen-bond donors (Lipinski definition) is 3. The van der Waals surface area contributed by atoms with Gasteiger partial charge < -0.3 is 20.9 Å². The molecule has 0 radical (unpaired) electrons. The zero-order valence-electron chi connectivity index (χ0n) is 15.8. The number of nitrogens with one attached hydrogen (secondary N) is 2. The standard InChI is InChI=1S/C20H28N4O2/c1-12-6-7-13(2)17-16(12)14(3)18(23-17)20(26)22-8-10-24-9-4-5-15(11-24)19(21)25/h6-7,15,23H,4-5,8-11H2,1-3H3,(H2,21,25)(H,22,26)/t15-/m0/s1. The molecular weight excluding hydrogens is 328 g/mol. The van der Waals surface area contributed by atoms with E-state index >= 15 is 0 Å². The Morgan fingerprint density at radius 2 is 2.00 bits per heavy atom. The van der Waals surface area contributed by atoms with E-state index in [9.17, 15) is 9.59 Å².